The van der Waals surface area contributed by atoms with Gasteiger partial charge in [0, 0.05) is 32.1 Å². The highest BCUT2D eigenvalue weighted by atomic mass is 16.6. The van der Waals surface area contributed by atoms with E-state index >= 15 is 0 Å². The number of fused-ring (bicyclic) bond motifs is 1. The highest BCUT2D eigenvalue weighted by molar-refractivity contribution is 5.68. The Kier molecular flexibility index (Phi) is 4.38. The summed E-state index contributed by atoms with van der Waals surface area (Å²) in [6.07, 6.45) is 2.67. The van der Waals surface area contributed by atoms with Crippen molar-refractivity contribution in [2.45, 2.75) is 26.2 Å². The van der Waals surface area contributed by atoms with E-state index in [1.165, 1.54) is 0 Å². The molecule has 0 saturated carbocycles. The minimum atomic E-state index is -0.205. The van der Waals surface area contributed by atoms with E-state index in [9.17, 15) is 9.70 Å². The largest absolute Gasteiger partial charge is 0.449 e. The van der Waals surface area contributed by atoms with E-state index < -0.39 is 0 Å². The normalized spacial score (nSPS) is 26.9. The average molecular weight is 255 g/mol. The molecule has 0 bridgehead atoms. The molecule has 2 atom stereocenters. The Morgan fingerprint density at radius 1 is 1.33 bits per heavy atom. The zero-order valence-corrected chi connectivity index (χ0v) is 10.9. The van der Waals surface area contributed by atoms with Gasteiger partial charge in [-0.15, -0.1) is 4.91 Å². The van der Waals surface area contributed by atoms with Gasteiger partial charge in [-0.25, -0.2) is 4.79 Å². The number of carbonyl (C=O) groups is 1. The van der Waals surface area contributed by atoms with E-state index in [0.717, 1.165) is 25.8 Å². The lowest BCUT2D eigenvalue weighted by Gasteiger charge is -2.29. The zero-order chi connectivity index (χ0) is 13.0. The quantitative estimate of drug-likeness (QED) is 0.568. The maximum atomic E-state index is 11.8. The standard InChI is InChI=1S/C12H21N3O3/c1-2-3-6-18-12(16)14-7-10-4-5-15(13-17)9-11(10)8-14/h10-11H,2-9H2,1H3. The molecule has 0 aromatic heterocycles. The Labute approximate surface area is 107 Å². The summed E-state index contributed by atoms with van der Waals surface area (Å²) in [4.78, 5) is 24.1. The summed E-state index contributed by atoms with van der Waals surface area (Å²) < 4.78 is 5.21. The lowest BCUT2D eigenvalue weighted by atomic mass is 9.90. The molecule has 0 spiro atoms. The Hall–Kier alpha value is -1.33. The molecule has 102 valence electrons. The molecule has 0 aliphatic carbocycles. The van der Waals surface area contributed by atoms with Gasteiger partial charge in [-0.3, -0.25) is 5.01 Å². The molecule has 2 rings (SSSR count). The summed E-state index contributed by atoms with van der Waals surface area (Å²) in [6, 6.07) is 0. The molecule has 2 unspecified atom stereocenters. The van der Waals surface area contributed by atoms with Gasteiger partial charge in [0.15, 0.2) is 0 Å². The number of nitroso groups, excluding NO2 is 1. The Morgan fingerprint density at radius 3 is 2.83 bits per heavy atom. The second-order valence-electron chi connectivity index (χ2n) is 5.18. The topological polar surface area (TPSA) is 62.2 Å². The van der Waals surface area contributed by atoms with Crippen molar-refractivity contribution in [1.82, 2.24) is 9.91 Å². The highest BCUT2D eigenvalue weighted by Crippen LogP contribution is 2.31. The minimum Gasteiger partial charge on any atom is -0.449 e. The van der Waals surface area contributed by atoms with E-state index in [0.29, 0.717) is 38.1 Å². The fraction of sp³-hybridized carbons (Fsp3) is 0.917. The molecule has 2 aliphatic heterocycles. The molecule has 18 heavy (non-hydrogen) atoms. The van der Waals surface area contributed by atoms with Crippen LogP contribution in [0.1, 0.15) is 26.2 Å². The number of rotatable bonds is 4. The molecule has 1 amide bonds. The van der Waals surface area contributed by atoms with Crippen molar-refractivity contribution in [3.63, 3.8) is 0 Å². The lowest BCUT2D eigenvalue weighted by molar-refractivity contribution is 0.107. The van der Waals surface area contributed by atoms with E-state index in [4.69, 9.17) is 4.74 Å². The monoisotopic (exact) mass is 255 g/mol. The van der Waals surface area contributed by atoms with Crippen molar-refractivity contribution in [3.05, 3.63) is 4.91 Å². The number of amides is 1. The van der Waals surface area contributed by atoms with E-state index in [2.05, 4.69) is 12.2 Å². The van der Waals surface area contributed by atoms with Crippen LogP contribution >= 0.6 is 0 Å². The number of ether oxygens (including phenoxy) is 1. The van der Waals surface area contributed by atoms with Crippen molar-refractivity contribution in [2.75, 3.05) is 32.8 Å². The molecule has 2 fully saturated rings. The first-order chi connectivity index (χ1) is 8.74. The number of likely N-dealkylation sites (tertiary alicyclic amines) is 1. The van der Waals surface area contributed by atoms with Crippen molar-refractivity contribution in [2.24, 2.45) is 17.1 Å². The van der Waals surface area contributed by atoms with Crippen LogP contribution in [0.3, 0.4) is 0 Å². The van der Waals surface area contributed by atoms with Crippen molar-refractivity contribution in [3.8, 4) is 0 Å². The van der Waals surface area contributed by atoms with Crippen LogP contribution in [-0.4, -0.2) is 48.8 Å². The molecular formula is C12H21N3O3. The van der Waals surface area contributed by atoms with Crippen LogP contribution in [0.2, 0.25) is 0 Å². The first-order valence-corrected chi connectivity index (χ1v) is 6.74. The Morgan fingerprint density at radius 2 is 2.11 bits per heavy atom. The summed E-state index contributed by atoms with van der Waals surface area (Å²) in [5, 5.41) is 4.55. The summed E-state index contributed by atoms with van der Waals surface area (Å²) in [5.74, 6) is 0.872. The number of carbonyl (C=O) groups excluding carboxylic acids is 1. The number of piperidine rings is 1. The Balaban J connectivity index is 1.80. The van der Waals surface area contributed by atoms with Crippen molar-refractivity contribution >= 4 is 6.09 Å². The van der Waals surface area contributed by atoms with Gasteiger partial charge in [-0.1, -0.05) is 13.3 Å². The summed E-state index contributed by atoms with van der Waals surface area (Å²) >= 11 is 0. The predicted octanol–water partition coefficient (Wildman–Crippen LogP) is 1.86. The first kappa shape index (κ1) is 13.1. The van der Waals surface area contributed by atoms with Gasteiger partial charge >= 0.3 is 6.09 Å². The van der Waals surface area contributed by atoms with E-state index in [-0.39, 0.29) is 6.09 Å². The lowest BCUT2D eigenvalue weighted by Crippen LogP contribution is -2.36. The number of nitrogens with zero attached hydrogens (tertiary/aromatic N) is 3. The predicted molar refractivity (Wildman–Crippen MR) is 66.8 cm³/mol. The summed E-state index contributed by atoms with van der Waals surface area (Å²) in [6.45, 7) is 5.42. The van der Waals surface area contributed by atoms with Crippen molar-refractivity contribution in [1.29, 1.82) is 0 Å². The highest BCUT2D eigenvalue weighted by Gasteiger charge is 2.39. The van der Waals surface area contributed by atoms with Gasteiger partial charge in [0.1, 0.15) is 0 Å². The van der Waals surface area contributed by atoms with Crippen LogP contribution < -0.4 is 0 Å². The second-order valence-corrected chi connectivity index (χ2v) is 5.18. The molecule has 6 nitrogen and oxygen atoms in total. The fourth-order valence-corrected chi connectivity index (χ4v) is 2.77. The number of hydrogen-bond acceptors (Lipinski definition) is 4. The third kappa shape index (κ3) is 2.91. The molecule has 2 saturated heterocycles. The third-order valence-corrected chi connectivity index (χ3v) is 3.88. The molecule has 0 radical (unpaired) electrons. The molecule has 0 aromatic rings. The van der Waals surface area contributed by atoms with E-state index in [1.54, 1.807) is 9.91 Å². The Bertz CT molecular complexity index is 311. The second kappa shape index (κ2) is 6.02. The molecule has 0 N–H and O–H groups in total. The smallest absolute Gasteiger partial charge is 0.409 e. The van der Waals surface area contributed by atoms with Crippen LogP contribution in [0.5, 0.6) is 0 Å². The molecule has 0 aromatic carbocycles. The average Bonchev–Trinajstić information content (AvgIpc) is 2.81. The minimum absolute atomic E-state index is 0.205. The van der Waals surface area contributed by atoms with Crippen LogP contribution in [0, 0.1) is 16.7 Å². The SMILES string of the molecule is CCCCOC(=O)N1CC2CCN(N=O)CC2C1. The number of unbranched alkanes of at least 4 members (excludes halogenated alkanes) is 1. The fourth-order valence-electron chi connectivity index (χ4n) is 2.77. The van der Waals surface area contributed by atoms with Crippen molar-refractivity contribution < 1.29 is 9.53 Å². The van der Waals surface area contributed by atoms with Crippen LogP contribution in [0.25, 0.3) is 0 Å². The molecule has 6 heteroatoms. The van der Waals surface area contributed by atoms with Gasteiger partial charge < -0.3 is 9.64 Å². The summed E-state index contributed by atoms with van der Waals surface area (Å²) in [7, 11) is 0. The molecule has 2 heterocycles. The van der Waals surface area contributed by atoms with Gasteiger partial charge in [-0.2, -0.15) is 0 Å². The van der Waals surface area contributed by atoms with Gasteiger partial charge in [0.05, 0.1) is 11.9 Å². The van der Waals surface area contributed by atoms with E-state index in [1.807, 2.05) is 0 Å². The first-order valence-electron chi connectivity index (χ1n) is 6.74. The number of hydrogen-bond donors (Lipinski definition) is 0. The van der Waals surface area contributed by atoms with Crippen LogP contribution in [0.4, 0.5) is 4.79 Å². The molecule has 2 aliphatic rings. The zero-order valence-electron chi connectivity index (χ0n) is 10.9. The van der Waals surface area contributed by atoms with Crippen LogP contribution in [0.15, 0.2) is 5.29 Å². The third-order valence-electron chi connectivity index (χ3n) is 3.88. The van der Waals surface area contributed by atoms with Gasteiger partial charge in [-0.05, 0) is 18.8 Å². The van der Waals surface area contributed by atoms with Gasteiger partial charge in [0.2, 0.25) is 0 Å². The van der Waals surface area contributed by atoms with Crippen LogP contribution in [-0.2, 0) is 4.74 Å². The maximum absolute atomic E-state index is 11.8. The maximum Gasteiger partial charge on any atom is 0.409 e. The molecular weight excluding hydrogens is 234 g/mol. The summed E-state index contributed by atoms with van der Waals surface area (Å²) in [5.41, 5.74) is 0. The van der Waals surface area contributed by atoms with Gasteiger partial charge in [0.25, 0.3) is 0 Å².